The Labute approximate surface area is 184 Å². The maximum atomic E-state index is 12.7. The van der Waals surface area contributed by atoms with Crippen molar-refractivity contribution in [1.29, 1.82) is 0 Å². The van der Waals surface area contributed by atoms with Gasteiger partial charge >= 0.3 is 6.18 Å². The number of carbonyl (C=O) groups excluding carboxylic acids is 1. The zero-order valence-corrected chi connectivity index (χ0v) is 18.1. The Kier molecular flexibility index (Phi) is 6.40. The fourth-order valence-electron chi connectivity index (χ4n) is 3.01. The van der Waals surface area contributed by atoms with Crippen molar-refractivity contribution in [2.24, 2.45) is 0 Å². The second-order valence-corrected chi connectivity index (χ2v) is 10.2. The van der Waals surface area contributed by atoms with Crippen LogP contribution >= 0.6 is 34.9 Å². The summed E-state index contributed by atoms with van der Waals surface area (Å²) in [7, 11) is 0. The van der Waals surface area contributed by atoms with Gasteiger partial charge in [-0.3, -0.25) is 4.79 Å². The smallest absolute Gasteiger partial charge is 0.326 e. The lowest BCUT2D eigenvalue weighted by atomic mass is 10.1. The molecule has 1 fully saturated rings. The molecule has 0 spiro atoms. The molecule has 0 aliphatic carbocycles. The normalized spacial score (nSPS) is 14.8. The van der Waals surface area contributed by atoms with E-state index in [0.29, 0.717) is 20.8 Å². The van der Waals surface area contributed by atoms with E-state index in [-0.39, 0.29) is 12.3 Å². The molecule has 3 nitrogen and oxygen atoms in total. The number of alkyl halides is 3. The van der Waals surface area contributed by atoms with Crippen LogP contribution in [0.25, 0.3) is 10.6 Å². The summed E-state index contributed by atoms with van der Waals surface area (Å²) in [6, 6.07) is 12.8. The number of carbonyl (C=O) groups is 1. The Morgan fingerprint density at radius 2 is 1.83 bits per heavy atom. The maximum absolute atomic E-state index is 12.7. The summed E-state index contributed by atoms with van der Waals surface area (Å²) < 4.78 is 38.5. The Hall–Kier alpha value is -1.97. The van der Waals surface area contributed by atoms with Crippen LogP contribution in [-0.2, 0) is 17.4 Å². The van der Waals surface area contributed by atoms with E-state index < -0.39 is 11.7 Å². The van der Waals surface area contributed by atoms with Gasteiger partial charge in [-0.05, 0) is 29.8 Å². The highest BCUT2D eigenvalue weighted by Gasteiger charge is 2.30. The second-order valence-electron chi connectivity index (χ2n) is 6.64. The molecule has 1 amide bonds. The first-order valence-electron chi connectivity index (χ1n) is 9.13. The number of rotatable bonds is 5. The average Bonchev–Trinajstić information content (AvgIpc) is 3.40. The molecule has 9 heteroatoms. The predicted octanol–water partition coefficient (Wildman–Crippen LogP) is 6.49. The van der Waals surface area contributed by atoms with Crippen molar-refractivity contribution in [3.63, 3.8) is 0 Å². The molecule has 2 aromatic carbocycles. The number of nitrogens with zero attached hydrogens (tertiary/aromatic N) is 1. The summed E-state index contributed by atoms with van der Waals surface area (Å²) in [6.45, 7) is 0. The van der Waals surface area contributed by atoms with E-state index in [1.807, 2.05) is 41.7 Å². The highest BCUT2D eigenvalue weighted by Crippen LogP contribution is 2.45. The van der Waals surface area contributed by atoms with Crippen LogP contribution in [0.3, 0.4) is 0 Å². The predicted molar refractivity (Wildman–Crippen MR) is 119 cm³/mol. The van der Waals surface area contributed by atoms with Crippen molar-refractivity contribution in [2.75, 3.05) is 16.8 Å². The van der Waals surface area contributed by atoms with Crippen LogP contribution in [0.2, 0.25) is 0 Å². The number of hydrogen-bond acceptors (Lipinski definition) is 5. The van der Waals surface area contributed by atoms with Gasteiger partial charge in [0.15, 0.2) is 0 Å². The Bertz CT molecular complexity index is 1030. The molecule has 1 aliphatic rings. The first kappa shape index (κ1) is 21.3. The van der Waals surface area contributed by atoms with E-state index in [0.717, 1.165) is 29.3 Å². The van der Waals surface area contributed by atoms with E-state index in [1.165, 1.54) is 29.0 Å². The minimum Gasteiger partial charge on any atom is -0.326 e. The van der Waals surface area contributed by atoms with E-state index in [9.17, 15) is 18.0 Å². The molecule has 0 unspecified atom stereocenters. The van der Waals surface area contributed by atoms with E-state index >= 15 is 0 Å². The Morgan fingerprint density at radius 3 is 2.53 bits per heavy atom. The molecule has 0 atom stereocenters. The third-order valence-corrected chi connectivity index (χ3v) is 8.46. The molecule has 1 aromatic heterocycles. The molecule has 156 valence electrons. The summed E-state index contributed by atoms with van der Waals surface area (Å²) in [5.41, 5.74) is 2.44. The lowest BCUT2D eigenvalue weighted by molar-refractivity contribution is -0.137. The topological polar surface area (TPSA) is 42.0 Å². The average molecular weight is 467 g/mol. The van der Waals surface area contributed by atoms with E-state index in [2.05, 4.69) is 16.4 Å². The van der Waals surface area contributed by atoms with Gasteiger partial charge in [-0.15, -0.1) is 34.9 Å². The Morgan fingerprint density at radius 1 is 1.10 bits per heavy atom. The van der Waals surface area contributed by atoms with Crippen LogP contribution in [0.1, 0.15) is 21.4 Å². The van der Waals surface area contributed by atoms with Gasteiger partial charge in [0.2, 0.25) is 5.91 Å². The first-order chi connectivity index (χ1) is 14.4. The van der Waals surface area contributed by atoms with Crippen molar-refractivity contribution >= 4 is 46.5 Å². The first-order valence-corrected chi connectivity index (χ1v) is 12.1. The van der Waals surface area contributed by atoms with Gasteiger partial charge in [0.05, 0.1) is 22.3 Å². The van der Waals surface area contributed by atoms with E-state index in [1.54, 1.807) is 5.38 Å². The van der Waals surface area contributed by atoms with Crippen molar-refractivity contribution in [1.82, 2.24) is 4.98 Å². The second kappa shape index (κ2) is 9.03. The molecular formula is C21H17F3N2OS3. The molecule has 1 saturated heterocycles. The summed E-state index contributed by atoms with van der Waals surface area (Å²) in [5, 5.41) is 5.26. The molecule has 30 heavy (non-hydrogen) atoms. The fraction of sp³-hybridized carbons (Fsp3) is 0.238. The standard InChI is InChI=1S/C21H17F3N2OS3/c22-21(23,24)15-6-4-13(5-7-15)19-26-17(12-30-19)11-18(27)25-16-3-1-2-14(10-16)20-28-8-9-29-20/h1-7,10,12,20H,8-9,11H2,(H,25,27). The van der Waals surface area contributed by atoms with Crippen LogP contribution in [0, 0.1) is 0 Å². The molecule has 0 bridgehead atoms. The van der Waals surface area contributed by atoms with Crippen LogP contribution < -0.4 is 5.32 Å². The van der Waals surface area contributed by atoms with Gasteiger partial charge in [-0.1, -0.05) is 24.3 Å². The van der Waals surface area contributed by atoms with Gasteiger partial charge in [-0.2, -0.15) is 13.2 Å². The molecule has 4 rings (SSSR count). The number of aromatic nitrogens is 1. The summed E-state index contributed by atoms with van der Waals surface area (Å²) >= 11 is 5.12. The quantitative estimate of drug-likeness (QED) is 0.467. The summed E-state index contributed by atoms with van der Waals surface area (Å²) in [6.07, 6.45) is -4.26. The number of thioether (sulfide) groups is 2. The number of hydrogen-bond donors (Lipinski definition) is 1. The van der Waals surface area contributed by atoms with Crippen molar-refractivity contribution in [2.45, 2.75) is 17.2 Å². The lowest BCUT2D eigenvalue weighted by Crippen LogP contribution is -2.14. The van der Waals surface area contributed by atoms with Crippen molar-refractivity contribution in [3.8, 4) is 10.6 Å². The highest BCUT2D eigenvalue weighted by molar-refractivity contribution is 8.19. The Balaban J connectivity index is 1.39. The number of amides is 1. The minimum absolute atomic E-state index is 0.105. The minimum atomic E-state index is -4.36. The maximum Gasteiger partial charge on any atom is 0.416 e. The lowest BCUT2D eigenvalue weighted by Gasteiger charge is -2.11. The summed E-state index contributed by atoms with van der Waals surface area (Å²) in [4.78, 5) is 16.8. The zero-order valence-electron chi connectivity index (χ0n) is 15.6. The highest BCUT2D eigenvalue weighted by atomic mass is 32.2. The number of nitrogens with one attached hydrogen (secondary N) is 1. The van der Waals surface area contributed by atoms with Gasteiger partial charge in [0.1, 0.15) is 5.01 Å². The summed E-state index contributed by atoms with van der Waals surface area (Å²) in [5.74, 6) is 2.09. The molecule has 2 heterocycles. The van der Waals surface area contributed by atoms with Crippen LogP contribution in [0.5, 0.6) is 0 Å². The number of halogens is 3. The van der Waals surface area contributed by atoms with Crippen LogP contribution in [0.15, 0.2) is 53.9 Å². The molecule has 1 N–H and O–H groups in total. The number of thiazole rings is 1. The fourth-order valence-corrected chi connectivity index (χ4v) is 6.67. The molecular weight excluding hydrogens is 449 g/mol. The molecule has 1 aliphatic heterocycles. The number of benzene rings is 2. The monoisotopic (exact) mass is 466 g/mol. The van der Waals surface area contributed by atoms with E-state index in [4.69, 9.17) is 0 Å². The zero-order chi connectivity index (χ0) is 21.1. The largest absolute Gasteiger partial charge is 0.416 e. The molecule has 3 aromatic rings. The van der Waals surface area contributed by atoms with Gasteiger partial charge in [0.25, 0.3) is 0 Å². The van der Waals surface area contributed by atoms with Crippen LogP contribution in [0.4, 0.5) is 18.9 Å². The van der Waals surface area contributed by atoms with Gasteiger partial charge in [-0.25, -0.2) is 4.98 Å². The number of anilines is 1. The van der Waals surface area contributed by atoms with Crippen LogP contribution in [-0.4, -0.2) is 22.4 Å². The molecule has 0 radical (unpaired) electrons. The SMILES string of the molecule is O=C(Cc1csc(-c2ccc(C(F)(F)F)cc2)n1)Nc1cccc(C2SCCS2)c1. The van der Waals surface area contributed by atoms with Crippen molar-refractivity contribution < 1.29 is 18.0 Å². The van der Waals surface area contributed by atoms with Gasteiger partial charge in [0, 0.05) is 28.1 Å². The third kappa shape index (κ3) is 5.19. The van der Waals surface area contributed by atoms with Crippen molar-refractivity contribution in [3.05, 3.63) is 70.7 Å². The molecule has 0 saturated carbocycles. The third-order valence-electron chi connectivity index (χ3n) is 4.42. The van der Waals surface area contributed by atoms with Gasteiger partial charge < -0.3 is 5.32 Å².